The second-order valence-electron chi connectivity index (χ2n) is 8.23. The Balaban J connectivity index is 2.90. The van der Waals surface area contributed by atoms with E-state index in [4.69, 9.17) is 9.16 Å². The molecule has 5 nitrogen and oxygen atoms in total. The number of carbonyl (C=O) groups excluding carboxylic acids is 1. The zero-order chi connectivity index (χ0) is 22.0. The Bertz CT molecular complexity index is 643. The Morgan fingerprint density at radius 1 is 1.10 bits per heavy atom. The van der Waals surface area contributed by atoms with Crippen LogP contribution in [0.2, 0.25) is 16.6 Å². The molecule has 164 valence electrons. The van der Waals surface area contributed by atoms with E-state index in [0.29, 0.717) is 35.2 Å². The molecule has 1 aromatic rings. The van der Waals surface area contributed by atoms with E-state index in [0.717, 1.165) is 5.69 Å². The molecule has 0 aromatic heterocycles. The van der Waals surface area contributed by atoms with Crippen molar-refractivity contribution in [2.75, 3.05) is 12.5 Å². The van der Waals surface area contributed by atoms with E-state index in [2.05, 4.69) is 68.3 Å². The van der Waals surface area contributed by atoms with E-state index in [1.54, 1.807) is 7.11 Å². The number of amides is 1. The fraction of sp³-hybridized carbons (Fsp3) is 0.591. The molecule has 0 bridgehead atoms. The lowest BCUT2D eigenvalue weighted by Crippen LogP contribution is -2.51. The van der Waals surface area contributed by atoms with Crippen molar-refractivity contribution in [3.05, 3.63) is 35.3 Å². The van der Waals surface area contributed by atoms with Crippen molar-refractivity contribution in [1.82, 2.24) is 5.43 Å². The highest BCUT2D eigenvalue weighted by Gasteiger charge is 2.46. The van der Waals surface area contributed by atoms with E-state index < -0.39 is 8.32 Å². The van der Waals surface area contributed by atoms with Crippen LogP contribution in [0.1, 0.15) is 54.4 Å². The van der Waals surface area contributed by atoms with Crippen LogP contribution in [0.5, 0.6) is 5.75 Å². The third-order valence-corrected chi connectivity index (χ3v) is 12.0. The maximum absolute atomic E-state index is 12.7. The molecule has 0 saturated heterocycles. The van der Waals surface area contributed by atoms with Crippen LogP contribution in [0.3, 0.4) is 0 Å². The zero-order valence-electron chi connectivity index (χ0n) is 18.8. The average molecular weight is 486 g/mol. The third kappa shape index (κ3) is 7.15. The predicted molar refractivity (Wildman–Crippen MR) is 128 cm³/mol. The summed E-state index contributed by atoms with van der Waals surface area (Å²) in [4.78, 5) is 14.5. The molecule has 7 heteroatoms. The summed E-state index contributed by atoms with van der Waals surface area (Å²) in [6.45, 7) is 13.5. The number of hydrazine groups is 1. The smallest absolute Gasteiger partial charge is 0.240 e. The van der Waals surface area contributed by atoms with Crippen LogP contribution in [0, 0.1) is 0 Å². The van der Waals surface area contributed by atoms with Gasteiger partial charge >= 0.3 is 0 Å². The first-order valence-corrected chi connectivity index (χ1v) is 13.3. The lowest BCUT2D eigenvalue weighted by Gasteiger charge is -2.44. The Hall–Kier alpha value is -1.31. The topological polar surface area (TPSA) is 59.6 Å². The van der Waals surface area contributed by atoms with Gasteiger partial charge in [0.25, 0.3) is 0 Å². The summed E-state index contributed by atoms with van der Waals surface area (Å²) in [6.07, 6.45) is 2.82. The van der Waals surface area contributed by atoms with Gasteiger partial charge in [0, 0.05) is 0 Å². The largest absolute Gasteiger partial charge is 0.495 e. The van der Waals surface area contributed by atoms with Crippen molar-refractivity contribution in [3.8, 4) is 5.75 Å². The van der Waals surface area contributed by atoms with Gasteiger partial charge in [0.05, 0.1) is 25.3 Å². The monoisotopic (exact) mass is 484 g/mol. The van der Waals surface area contributed by atoms with Gasteiger partial charge in [0.15, 0.2) is 0 Å². The van der Waals surface area contributed by atoms with E-state index in [1.165, 1.54) is 0 Å². The van der Waals surface area contributed by atoms with Crippen LogP contribution >= 0.6 is 15.9 Å². The molecular formula is C22H37BrN2O3Si. The van der Waals surface area contributed by atoms with Crippen LogP contribution < -0.4 is 15.6 Å². The number of anilines is 1. The Labute approximate surface area is 185 Å². The van der Waals surface area contributed by atoms with Gasteiger partial charge in [-0.3, -0.25) is 15.6 Å². The summed E-state index contributed by atoms with van der Waals surface area (Å²) in [5, 5.41) is 0. The second-order valence-corrected chi connectivity index (χ2v) is 14.2. The first-order chi connectivity index (χ1) is 13.7. The Morgan fingerprint density at radius 2 is 1.69 bits per heavy atom. The van der Waals surface area contributed by atoms with Gasteiger partial charge < -0.3 is 9.16 Å². The molecule has 2 N–H and O–H groups in total. The molecule has 1 aromatic carbocycles. The van der Waals surface area contributed by atoms with Gasteiger partial charge in [0.2, 0.25) is 14.2 Å². The number of hydrogen-bond acceptors (Lipinski definition) is 4. The molecule has 0 aliphatic carbocycles. The zero-order valence-corrected chi connectivity index (χ0v) is 21.4. The van der Waals surface area contributed by atoms with Crippen LogP contribution in [0.25, 0.3) is 0 Å². The van der Waals surface area contributed by atoms with Crippen LogP contribution in [-0.4, -0.2) is 27.4 Å². The van der Waals surface area contributed by atoms with Gasteiger partial charge in [-0.05, 0) is 40.2 Å². The second kappa shape index (κ2) is 12.4. The van der Waals surface area contributed by atoms with Crippen LogP contribution in [-0.2, 0) is 9.22 Å². The molecule has 0 radical (unpaired) electrons. The van der Waals surface area contributed by atoms with Crippen molar-refractivity contribution in [2.45, 2.75) is 77.1 Å². The van der Waals surface area contributed by atoms with Gasteiger partial charge in [0.1, 0.15) is 5.75 Å². The summed E-state index contributed by atoms with van der Waals surface area (Å²) in [6, 6.07) is 7.47. The van der Waals surface area contributed by atoms with Gasteiger partial charge in [-0.1, -0.05) is 75.7 Å². The number of halogens is 1. The van der Waals surface area contributed by atoms with Crippen LogP contribution in [0.4, 0.5) is 5.69 Å². The highest BCUT2D eigenvalue weighted by molar-refractivity contribution is 9.11. The first-order valence-electron chi connectivity index (χ1n) is 10.3. The molecular weight excluding hydrogens is 448 g/mol. The molecule has 1 atom stereocenters. The summed E-state index contributed by atoms with van der Waals surface area (Å²) < 4.78 is 12.2. The molecule has 0 saturated carbocycles. The Morgan fingerprint density at radius 3 is 2.21 bits per heavy atom. The fourth-order valence-electron chi connectivity index (χ4n) is 4.22. The Kier molecular flexibility index (Phi) is 11.0. The molecule has 29 heavy (non-hydrogen) atoms. The molecule has 0 fully saturated rings. The number of ether oxygens (including phenoxy) is 1. The number of rotatable bonds is 12. The number of methoxy groups -OCH3 is 1. The van der Waals surface area contributed by atoms with Gasteiger partial charge in [-0.25, -0.2) is 0 Å². The first kappa shape index (κ1) is 25.7. The third-order valence-electron chi connectivity index (χ3n) is 5.42. The quantitative estimate of drug-likeness (QED) is 0.266. The number of nitrogens with one attached hydrogen (secondary N) is 2. The number of benzene rings is 1. The highest BCUT2D eigenvalue weighted by Crippen LogP contribution is 2.43. The summed E-state index contributed by atoms with van der Waals surface area (Å²) in [5.74, 6) is 0.566. The van der Waals surface area contributed by atoms with Gasteiger partial charge in [-0.2, -0.15) is 0 Å². The molecule has 0 unspecified atom stereocenters. The fourth-order valence-corrected chi connectivity index (χ4v) is 10.0. The lowest BCUT2D eigenvalue weighted by atomic mass is 10.2. The van der Waals surface area contributed by atoms with Crippen LogP contribution in [0.15, 0.2) is 35.3 Å². The molecule has 0 heterocycles. The summed E-state index contributed by atoms with van der Waals surface area (Å²) >= 11 is 3.34. The summed E-state index contributed by atoms with van der Waals surface area (Å²) in [7, 11) is -0.475. The molecule has 0 aliphatic heterocycles. The van der Waals surface area contributed by atoms with Crippen molar-refractivity contribution in [2.24, 2.45) is 0 Å². The SMILES string of the molecule is COc1ccccc1NNC(=O)C[C@H](CC=CBr)O[Si](C(C)C)(C(C)C)C(C)C. The maximum atomic E-state index is 12.7. The minimum Gasteiger partial charge on any atom is -0.495 e. The maximum Gasteiger partial charge on any atom is 0.240 e. The minimum atomic E-state index is -2.08. The number of hydrogen-bond donors (Lipinski definition) is 2. The molecule has 0 aliphatic rings. The molecule has 1 rings (SSSR count). The number of para-hydroxylation sites is 2. The number of carbonyl (C=O) groups is 1. The van der Waals surface area contributed by atoms with E-state index in [9.17, 15) is 4.79 Å². The minimum absolute atomic E-state index is 0.108. The highest BCUT2D eigenvalue weighted by atomic mass is 79.9. The van der Waals surface area contributed by atoms with E-state index in [1.807, 2.05) is 35.3 Å². The standard InChI is InChI=1S/C22H37BrN2O3Si/c1-16(2)29(17(3)4,18(5)6)28-19(11-10-14-23)15-22(26)25-24-20-12-8-9-13-21(20)27-7/h8-10,12-14,16-19,24H,11,15H2,1-7H3,(H,25,26)/t19-/m0/s1. The predicted octanol–water partition coefficient (Wildman–Crippen LogP) is 6.39. The van der Waals surface area contributed by atoms with E-state index >= 15 is 0 Å². The van der Waals surface area contributed by atoms with E-state index in [-0.39, 0.29) is 12.0 Å². The van der Waals surface area contributed by atoms with Crippen molar-refractivity contribution in [1.29, 1.82) is 0 Å². The molecule has 0 spiro atoms. The summed E-state index contributed by atoms with van der Waals surface area (Å²) in [5.41, 5.74) is 7.86. The average Bonchev–Trinajstić information content (AvgIpc) is 2.67. The molecule has 1 amide bonds. The lowest BCUT2D eigenvalue weighted by molar-refractivity contribution is -0.122. The van der Waals surface area contributed by atoms with Crippen molar-refractivity contribution < 1.29 is 14.0 Å². The van der Waals surface area contributed by atoms with Gasteiger partial charge in [-0.15, -0.1) is 0 Å². The van der Waals surface area contributed by atoms with Crippen molar-refractivity contribution >= 4 is 35.8 Å². The van der Waals surface area contributed by atoms with Crippen molar-refractivity contribution in [3.63, 3.8) is 0 Å². The normalized spacial score (nSPS) is 13.3.